The summed E-state index contributed by atoms with van der Waals surface area (Å²) >= 11 is 6.38. The molecule has 0 saturated carbocycles. The average Bonchev–Trinajstić information content (AvgIpc) is 2.72. The fourth-order valence-electron chi connectivity index (χ4n) is 3.09. The standard InChI is InChI=1S/C21H20ClN3O5/c1-11(2)13-6-5-12(8-17(13)25(27)28)7-15(22)20-23-16-10-19(30-4)18(29-3)9-14(16)21(26)24-20/h5-11H,1-4H3,(H,23,24,26)/b15-7-. The maximum atomic E-state index is 12.5. The Balaban J connectivity index is 2.09. The van der Waals surface area contributed by atoms with Gasteiger partial charge in [0.2, 0.25) is 0 Å². The van der Waals surface area contributed by atoms with Crippen LogP contribution in [0.4, 0.5) is 5.69 Å². The van der Waals surface area contributed by atoms with Crippen LogP contribution >= 0.6 is 11.6 Å². The zero-order chi connectivity index (χ0) is 22.0. The number of nitro benzene ring substituents is 1. The van der Waals surface area contributed by atoms with Gasteiger partial charge in [-0.05, 0) is 23.6 Å². The molecule has 0 aliphatic rings. The summed E-state index contributed by atoms with van der Waals surface area (Å²) in [4.78, 5) is 30.5. The first-order valence-corrected chi connectivity index (χ1v) is 9.45. The number of fused-ring (bicyclic) bond motifs is 1. The molecule has 3 rings (SSSR count). The molecule has 0 atom stereocenters. The molecule has 0 radical (unpaired) electrons. The first-order valence-electron chi connectivity index (χ1n) is 9.07. The van der Waals surface area contributed by atoms with Gasteiger partial charge >= 0.3 is 0 Å². The molecule has 0 bridgehead atoms. The molecule has 30 heavy (non-hydrogen) atoms. The zero-order valence-corrected chi connectivity index (χ0v) is 17.6. The number of aromatic amines is 1. The lowest BCUT2D eigenvalue weighted by molar-refractivity contribution is -0.385. The van der Waals surface area contributed by atoms with E-state index in [-0.39, 0.29) is 22.5 Å². The summed E-state index contributed by atoms with van der Waals surface area (Å²) < 4.78 is 10.5. The first kappa shape index (κ1) is 21.3. The van der Waals surface area contributed by atoms with Crippen LogP contribution in [0.5, 0.6) is 11.5 Å². The van der Waals surface area contributed by atoms with Crippen LogP contribution in [-0.2, 0) is 0 Å². The summed E-state index contributed by atoms with van der Waals surface area (Å²) in [6.07, 6.45) is 1.52. The van der Waals surface area contributed by atoms with Crippen molar-refractivity contribution in [2.75, 3.05) is 14.2 Å². The Hall–Kier alpha value is -3.39. The van der Waals surface area contributed by atoms with Crippen LogP contribution in [0.25, 0.3) is 22.0 Å². The number of nitrogens with one attached hydrogen (secondary N) is 1. The van der Waals surface area contributed by atoms with Crippen molar-refractivity contribution in [2.24, 2.45) is 0 Å². The molecular weight excluding hydrogens is 410 g/mol. The molecular formula is C21H20ClN3O5. The van der Waals surface area contributed by atoms with E-state index in [0.29, 0.717) is 33.5 Å². The van der Waals surface area contributed by atoms with Gasteiger partial charge < -0.3 is 14.5 Å². The number of rotatable bonds is 6. The Morgan fingerprint density at radius 1 is 1.20 bits per heavy atom. The van der Waals surface area contributed by atoms with Crippen molar-refractivity contribution in [2.45, 2.75) is 19.8 Å². The minimum atomic E-state index is -0.420. The second kappa shape index (κ2) is 8.54. The van der Waals surface area contributed by atoms with E-state index in [1.807, 2.05) is 13.8 Å². The number of benzene rings is 2. The van der Waals surface area contributed by atoms with E-state index >= 15 is 0 Å². The number of hydrogen-bond acceptors (Lipinski definition) is 6. The Bertz CT molecular complexity index is 1220. The van der Waals surface area contributed by atoms with E-state index in [2.05, 4.69) is 9.97 Å². The number of aromatic nitrogens is 2. The fraction of sp³-hybridized carbons (Fsp3) is 0.238. The molecule has 0 spiro atoms. The number of halogens is 1. The van der Waals surface area contributed by atoms with Crippen LogP contribution in [-0.4, -0.2) is 29.1 Å². The SMILES string of the molecule is COc1cc2nc(/C(Cl)=C/c3ccc(C(C)C)c([N+](=O)[O-])c3)[nH]c(=O)c2cc1OC. The molecule has 9 heteroatoms. The lowest BCUT2D eigenvalue weighted by Gasteiger charge is -2.09. The van der Waals surface area contributed by atoms with Gasteiger partial charge in [0.05, 0.1) is 35.1 Å². The second-order valence-electron chi connectivity index (χ2n) is 6.86. The van der Waals surface area contributed by atoms with Crippen LogP contribution in [0.1, 0.15) is 36.7 Å². The lowest BCUT2D eigenvalue weighted by atomic mass is 9.99. The van der Waals surface area contributed by atoms with Gasteiger partial charge in [-0.1, -0.05) is 37.6 Å². The number of H-pyrrole nitrogens is 1. The van der Waals surface area contributed by atoms with Crippen LogP contribution in [0.15, 0.2) is 35.1 Å². The number of nitrogens with zero attached hydrogens (tertiary/aromatic N) is 2. The van der Waals surface area contributed by atoms with Gasteiger partial charge in [-0.15, -0.1) is 0 Å². The van der Waals surface area contributed by atoms with Crippen molar-refractivity contribution < 1.29 is 14.4 Å². The molecule has 0 aliphatic heterocycles. The van der Waals surface area contributed by atoms with Crippen LogP contribution in [0.3, 0.4) is 0 Å². The predicted molar refractivity (Wildman–Crippen MR) is 116 cm³/mol. The van der Waals surface area contributed by atoms with E-state index in [0.717, 1.165) is 0 Å². The summed E-state index contributed by atoms with van der Waals surface area (Å²) in [5.41, 5.74) is 1.14. The topological polar surface area (TPSA) is 107 Å². The Labute approximate surface area is 177 Å². The van der Waals surface area contributed by atoms with Gasteiger partial charge in [-0.3, -0.25) is 14.9 Å². The van der Waals surface area contributed by atoms with Crippen molar-refractivity contribution in [3.63, 3.8) is 0 Å². The largest absolute Gasteiger partial charge is 0.493 e. The Morgan fingerprint density at radius 2 is 1.87 bits per heavy atom. The van der Waals surface area contributed by atoms with Crippen molar-refractivity contribution >= 4 is 39.3 Å². The molecule has 0 unspecified atom stereocenters. The van der Waals surface area contributed by atoms with Crippen LogP contribution in [0, 0.1) is 10.1 Å². The Kier molecular flexibility index (Phi) is 6.07. The maximum absolute atomic E-state index is 12.5. The molecule has 3 aromatic rings. The lowest BCUT2D eigenvalue weighted by Crippen LogP contribution is -2.11. The molecule has 8 nitrogen and oxygen atoms in total. The molecule has 0 fully saturated rings. The van der Waals surface area contributed by atoms with Gasteiger partial charge in [0, 0.05) is 17.7 Å². The van der Waals surface area contributed by atoms with Crippen LogP contribution in [0.2, 0.25) is 0 Å². The van der Waals surface area contributed by atoms with Gasteiger partial charge in [0.15, 0.2) is 17.3 Å². The third-order valence-corrected chi connectivity index (χ3v) is 4.89. The normalized spacial score (nSPS) is 11.7. The third kappa shape index (κ3) is 4.13. The summed E-state index contributed by atoms with van der Waals surface area (Å²) in [5.74, 6) is 0.972. The smallest absolute Gasteiger partial charge is 0.273 e. The highest BCUT2D eigenvalue weighted by molar-refractivity contribution is 6.50. The van der Waals surface area contributed by atoms with E-state index in [4.69, 9.17) is 21.1 Å². The zero-order valence-electron chi connectivity index (χ0n) is 16.9. The minimum Gasteiger partial charge on any atom is -0.493 e. The van der Waals surface area contributed by atoms with E-state index in [9.17, 15) is 14.9 Å². The highest BCUT2D eigenvalue weighted by Crippen LogP contribution is 2.32. The maximum Gasteiger partial charge on any atom is 0.273 e. The van der Waals surface area contributed by atoms with Crippen LogP contribution < -0.4 is 15.0 Å². The summed E-state index contributed by atoms with van der Waals surface area (Å²) in [5, 5.41) is 11.9. The summed E-state index contributed by atoms with van der Waals surface area (Å²) in [6, 6.07) is 8.00. The third-order valence-electron chi connectivity index (χ3n) is 4.60. The monoisotopic (exact) mass is 429 g/mol. The molecule has 0 aliphatic carbocycles. The predicted octanol–water partition coefficient (Wildman–Crippen LogP) is 4.71. The molecule has 1 N–H and O–H groups in total. The molecule has 2 aromatic carbocycles. The number of nitro groups is 1. The van der Waals surface area contributed by atoms with Crippen molar-refractivity contribution in [3.8, 4) is 11.5 Å². The summed E-state index contributed by atoms with van der Waals surface area (Å²) in [6.45, 7) is 3.77. The van der Waals surface area contributed by atoms with Gasteiger partial charge in [-0.25, -0.2) is 4.98 Å². The number of hydrogen-bond donors (Lipinski definition) is 1. The highest BCUT2D eigenvalue weighted by Gasteiger charge is 2.17. The van der Waals surface area contributed by atoms with Gasteiger partial charge in [0.25, 0.3) is 11.2 Å². The fourth-order valence-corrected chi connectivity index (χ4v) is 3.31. The number of methoxy groups -OCH3 is 2. The van der Waals surface area contributed by atoms with Crippen molar-refractivity contribution in [1.29, 1.82) is 0 Å². The first-order chi connectivity index (χ1) is 14.2. The van der Waals surface area contributed by atoms with Crippen molar-refractivity contribution in [1.82, 2.24) is 9.97 Å². The average molecular weight is 430 g/mol. The van der Waals surface area contributed by atoms with E-state index < -0.39 is 10.5 Å². The molecule has 1 aromatic heterocycles. The molecule has 1 heterocycles. The molecule has 156 valence electrons. The van der Waals surface area contributed by atoms with E-state index in [1.54, 1.807) is 18.2 Å². The summed E-state index contributed by atoms with van der Waals surface area (Å²) in [7, 11) is 2.96. The van der Waals surface area contributed by atoms with Gasteiger partial charge in [-0.2, -0.15) is 0 Å². The number of ether oxygens (including phenoxy) is 2. The second-order valence-corrected chi connectivity index (χ2v) is 7.27. The molecule has 0 amide bonds. The highest BCUT2D eigenvalue weighted by atomic mass is 35.5. The minimum absolute atomic E-state index is 0.00406. The van der Waals surface area contributed by atoms with Gasteiger partial charge in [0.1, 0.15) is 0 Å². The quantitative estimate of drug-likeness (QED) is 0.449. The Morgan fingerprint density at radius 3 is 2.47 bits per heavy atom. The van der Waals surface area contributed by atoms with E-state index in [1.165, 1.54) is 32.4 Å². The van der Waals surface area contributed by atoms with Crippen molar-refractivity contribution in [3.05, 3.63) is 67.8 Å². The molecule has 0 saturated heterocycles.